The van der Waals surface area contributed by atoms with Crippen LogP contribution in [0.2, 0.25) is 0 Å². The summed E-state index contributed by atoms with van der Waals surface area (Å²) in [7, 11) is 1.57. The molecule has 120 valence electrons. The summed E-state index contributed by atoms with van der Waals surface area (Å²) in [5.74, 6) is 1.51. The van der Waals surface area contributed by atoms with Gasteiger partial charge in [-0.25, -0.2) is 0 Å². The van der Waals surface area contributed by atoms with Crippen molar-refractivity contribution in [2.24, 2.45) is 5.92 Å². The van der Waals surface area contributed by atoms with Gasteiger partial charge in [-0.15, -0.1) is 0 Å². The monoisotopic (exact) mass is 295 g/mol. The minimum atomic E-state index is -0.596. The lowest BCUT2D eigenvalue weighted by molar-refractivity contribution is 0.0322. The largest absolute Gasteiger partial charge is 0.490 e. The van der Waals surface area contributed by atoms with Crippen LogP contribution in [-0.2, 0) is 11.3 Å². The highest BCUT2D eigenvalue weighted by Crippen LogP contribution is 2.25. The molecule has 0 radical (unpaired) electrons. The first-order chi connectivity index (χ1) is 9.93. The Bertz CT molecular complexity index is 409. The van der Waals surface area contributed by atoms with Crippen molar-refractivity contribution < 1.29 is 14.6 Å². The van der Waals surface area contributed by atoms with E-state index in [1.54, 1.807) is 7.11 Å². The summed E-state index contributed by atoms with van der Waals surface area (Å²) in [6.07, 6.45) is -0.596. The van der Waals surface area contributed by atoms with Gasteiger partial charge in [0.25, 0.3) is 0 Å². The smallest absolute Gasteiger partial charge is 0.125 e. The molecule has 0 aliphatic heterocycles. The van der Waals surface area contributed by atoms with Gasteiger partial charge in [-0.1, -0.05) is 26.0 Å². The second-order valence-corrected chi connectivity index (χ2v) is 6.00. The molecule has 0 aliphatic carbocycles. The molecule has 1 aromatic carbocycles. The number of hydrogen-bond donors (Lipinski definition) is 2. The van der Waals surface area contributed by atoms with Gasteiger partial charge in [0.05, 0.1) is 6.61 Å². The van der Waals surface area contributed by atoms with Gasteiger partial charge in [0.2, 0.25) is 0 Å². The van der Waals surface area contributed by atoms with Gasteiger partial charge < -0.3 is 19.9 Å². The second-order valence-electron chi connectivity index (χ2n) is 6.00. The highest BCUT2D eigenvalue weighted by atomic mass is 16.5. The normalized spacial score (nSPS) is 12.7. The van der Waals surface area contributed by atoms with Crippen LogP contribution in [0.15, 0.2) is 12.1 Å². The molecule has 0 aliphatic rings. The molecule has 0 bridgehead atoms. The van der Waals surface area contributed by atoms with Gasteiger partial charge in [-0.3, -0.25) is 0 Å². The first kappa shape index (κ1) is 18.0. The minimum absolute atomic E-state index is 0.250. The van der Waals surface area contributed by atoms with E-state index in [-0.39, 0.29) is 13.2 Å². The molecule has 1 aromatic rings. The number of aliphatic hydroxyl groups is 1. The highest BCUT2D eigenvalue weighted by Gasteiger charge is 2.10. The van der Waals surface area contributed by atoms with E-state index in [9.17, 15) is 5.11 Å². The standard InChI is InChI=1S/C17H29NO3/c1-12(2)8-18-9-15-6-13(3)17(14(4)7-15)21-11-16(19)10-20-5/h6-7,12,16,18-19H,8-11H2,1-5H3. The summed E-state index contributed by atoms with van der Waals surface area (Å²) >= 11 is 0. The number of aliphatic hydroxyl groups excluding tert-OH is 1. The molecule has 0 amide bonds. The summed E-state index contributed by atoms with van der Waals surface area (Å²) in [6, 6.07) is 4.27. The van der Waals surface area contributed by atoms with Crippen LogP contribution in [0.1, 0.15) is 30.5 Å². The van der Waals surface area contributed by atoms with Crippen molar-refractivity contribution in [3.05, 3.63) is 28.8 Å². The molecule has 0 saturated carbocycles. The van der Waals surface area contributed by atoms with E-state index in [4.69, 9.17) is 9.47 Å². The van der Waals surface area contributed by atoms with Crippen LogP contribution >= 0.6 is 0 Å². The van der Waals surface area contributed by atoms with Crippen molar-refractivity contribution in [3.63, 3.8) is 0 Å². The van der Waals surface area contributed by atoms with Crippen LogP contribution in [0.3, 0.4) is 0 Å². The average Bonchev–Trinajstić information content (AvgIpc) is 2.37. The molecule has 0 spiro atoms. The predicted molar refractivity (Wildman–Crippen MR) is 85.8 cm³/mol. The van der Waals surface area contributed by atoms with Crippen molar-refractivity contribution in [2.75, 3.05) is 26.9 Å². The third kappa shape index (κ3) is 6.46. The van der Waals surface area contributed by atoms with Crippen LogP contribution in [-0.4, -0.2) is 38.1 Å². The summed E-state index contributed by atoms with van der Waals surface area (Å²) < 4.78 is 10.6. The molecule has 0 saturated heterocycles. The first-order valence-electron chi connectivity index (χ1n) is 7.54. The van der Waals surface area contributed by atoms with Gasteiger partial charge in [-0.05, 0) is 43.0 Å². The Kier molecular flexibility index (Phi) is 7.72. The molecule has 1 unspecified atom stereocenters. The third-order valence-corrected chi connectivity index (χ3v) is 3.18. The third-order valence-electron chi connectivity index (χ3n) is 3.18. The van der Waals surface area contributed by atoms with Crippen LogP contribution in [0.4, 0.5) is 0 Å². The average molecular weight is 295 g/mol. The molecule has 1 rings (SSSR count). The van der Waals surface area contributed by atoms with E-state index in [1.165, 1.54) is 5.56 Å². The van der Waals surface area contributed by atoms with Crippen molar-refractivity contribution >= 4 is 0 Å². The Balaban J connectivity index is 2.62. The zero-order chi connectivity index (χ0) is 15.8. The van der Waals surface area contributed by atoms with Crippen molar-refractivity contribution in [1.82, 2.24) is 5.32 Å². The highest BCUT2D eigenvalue weighted by molar-refractivity contribution is 5.43. The number of methoxy groups -OCH3 is 1. The van der Waals surface area contributed by atoms with Crippen LogP contribution in [0, 0.1) is 19.8 Å². The van der Waals surface area contributed by atoms with E-state index in [1.807, 2.05) is 13.8 Å². The van der Waals surface area contributed by atoms with Crippen molar-refractivity contribution in [3.8, 4) is 5.75 Å². The lowest BCUT2D eigenvalue weighted by Gasteiger charge is -2.17. The Labute approximate surface area is 128 Å². The lowest BCUT2D eigenvalue weighted by atomic mass is 10.1. The lowest BCUT2D eigenvalue weighted by Crippen LogP contribution is -2.23. The maximum absolute atomic E-state index is 9.65. The zero-order valence-corrected chi connectivity index (χ0v) is 13.9. The van der Waals surface area contributed by atoms with Gasteiger partial charge in [0, 0.05) is 13.7 Å². The molecule has 0 heterocycles. The van der Waals surface area contributed by atoms with Crippen molar-refractivity contribution in [2.45, 2.75) is 40.3 Å². The number of aryl methyl sites for hydroxylation is 2. The molecule has 4 heteroatoms. The Morgan fingerprint density at radius 1 is 1.14 bits per heavy atom. The van der Waals surface area contributed by atoms with Gasteiger partial charge >= 0.3 is 0 Å². The number of nitrogens with one attached hydrogen (secondary N) is 1. The molecule has 1 atom stereocenters. The molecule has 2 N–H and O–H groups in total. The molecule has 0 fully saturated rings. The topological polar surface area (TPSA) is 50.7 Å². The second kappa shape index (κ2) is 9.03. The molecule has 21 heavy (non-hydrogen) atoms. The Hall–Kier alpha value is -1.10. The molecular formula is C17H29NO3. The fourth-order valence-corrected chi connectivity index (χ4v) is 2.29. The minimum Gasteiger partial charge on any atom is -0.490 e. The zero-order valence-electron chi connectivity index (χ0n) is 13.9. The maximum Gasteiger partial charge on any atom is 0.125 e. The number of hydrogen-bond acceptors (Lipinski definition) is 4. The number of benzene rings is 1. The van der Waals surface area contributed by atoms with Crippen LogP contribution in [0.25, 0.3) is 0 Å². The summed E-state index contributed by atoms with van der Waals surface area (Å²) in [5.41, 5.74) is 3.46. The first-order valence-corrected chi connectivity index (χ1v) is 7.54. The fourth-order valence-electron chi connectivity index (χ4n) is 2.29. The predicted octanol–water partition coefficient (Wildman–Crippen LogP) is 2.44. The quantitative estimate of drug-likeness (QED) is 0.735. The molecule has 4 nitrogen and oxygen atoms in total. The van der Waals surface area contributed by atoms with Gasteiger partial charge in [-0.2, -0.15) is 0 Å². The van der Waals surface area contributed by atoms with Crippen LogP contribution < -0.4 is 10.1 Å². The summed E-state index contributed by atoms with van der Waals surface area (Å²) in [5, 5.41) is 13.1. The van der Waals surface area contributed by atoms with E-state index in [0.717, 1.165) is 30.0 Å². The van der Waals surface area contributed by atoms with Gasteiger partial charge in [0.15, 0.2) is 0 Å². The van der Waals surface area contributed by atoms with Gasteiger partial charge in [0.1, 0.15) is 18.5 Å². The summed E-state index contributed by atoms with van der Waals surface area (Å²) in [4.78, 5) is 0. The number of rotatable bonds is 9. The van der Waals surface area contributed by atoms with Crippen molar-refractivity contribution in [1.29, 1.82) is 0 Å². The Morgan fingerprint density at radius 2 is 1.76 bits per heavy atom. The molecular weight excluding hydrogens is 266 g/mol. The van der Waals surface area contributed by atoms with E-state index in [2.05, 4.69) is 31.3 Å². The Morgan fingerprint density at radius 3 is 2.29 bits per heavy atom. The van der Waals surface area contributed by atoms with E-state index < -0.39 is 6.10 Å². The molecule has 0 aromatic heterocycles. The maximum atomic E-state index is 9.65. The number of ether oxygens (including phenoxy) is 2. The summed E-state index contributed by atoms with van der Waals surface area (Å²) in [6.45, 7) is 10.9. The SMILES string of the molecule is COCC(O)COc1c(C)cc(CNCC(C)C)cc1C. The van der Waals surface area contributed by atoms with E-state index >= 15 is 0 Å². The van der Waals surface area contributed by atoms with Crippen LogP contribution in [0.5, 0.6) is 5.75 Å². The van der Waals surface area contributed by atoms with E-state index in [0.29, 0.717) is 5.92 Å². The fraction of sp³-hybridized carbons (Fsp3) is 0.647.